The van der Waals surface area contributed by atoms with E-state index in [1.807, 2.05) is 0 Å². The molecule has 1 aromatic rings. The first-order chi connectivity index (χ1) is 8.91. The van der Waals surface area contributed by atoms with Crippen molar-refractivity contribution in [3.8, 4) is 0 Å². The molecule has 1 saturated heterocycles. The molecule has 1 aliphatic rings. The molecule has 0 aliphatic carbocycles. The maximum absolute atomic E-state index is 12.2. The molecule has 7 heteroatoms. The highest BCUT2D eigenvalue weighted by atomic mass is 32.2. The van der Waals surface area contributed by atoms with Crippen molar-refractivity contribution in [1.82, 2.24) is 4.90 Å². The third kappa shape index (κ3) is 3.12. The molecular weight excluding hydrogens is 268 g/mol. The molecule has 2 N–H and O–H groups in total. The highest BCUT2D eigenvalue weighted by Gasteiger charge is 2.26. The number of hydrogen-bond donors (Lipinski definition) is 1. The number of rotatable bonds is 3. The van der Waals surface area contributed by atoms with Gasteiger partial charge in [-0.3, -0.25) is 4.79 Å². The second-order valence-corrected chi connectivity index (χ2v) is 6.03. The lowest BCUT2D eigenvalue weighted by Gasteiger charge is -2.16. The zero-order valence-electron chi connectivity index (χ0n) is 10.6. The van der Waals surface area contributed by atoms with Crippen LogP contribution in [0.5, 0.6) is 0 Å². The van der Waals surface area contributed by atoms with Gasteiger partial charge in [0.25, 0.3) is 5.91 Å². The lowest BCUT2D eigenvalue weighted by molar-refractivity contribution is 0.0724. The van der Waals surface area contributed by atoms with E-state index in [9.17, 15) is 13.2 Å². The van der Waals surface area contributed by atoms with E-state index in [0.717, 1.165) is 6.42 Å². The number of amides is 1. The standard InChI is InChI=1S/C12H16N2O4S/c1-18-10-6-7-14(8-10)12(15)9-2-4-11(5-3-9)19(13,16)17/h2-5,10H,6-8H2,1H3,(H2,13,16,17). The molecule has 1 unspecified atom stereocenters. The molecule has 104 valence electrons. The maximum atomic E-state index is 12.2. The maximum Gasteiger partial charge on any atom is 0.253 e. The SMILES string of the molecule is COC1CCN(C(=O)c2ccc(S(N)(=O)=O)cc2)C1. The lowest BCUT2D eigenvalue weighted by atomic mass is 10.2. The Hall–Kier alpha value is -1.44. The number of nitrogens with zero attached hydrogens (tertiary/aromatic N) is 1. The summed E-state index contributed by atoms with van der Waals surface area (Å²) in [5, 5.41) is 5.00. The minimum atomic E-state index is -3.72. The summed E-state index contributed by atoms with van der Waals surface area (Å²) < 4.78 is 27.4. The van der Waals surface area contributed by atoms with Crippen LogP contribution in [-0.2, 0) is 14.8 Å². The molecule has 1 aliphatic heterocycles. The first-order valence-electron chi connectivity index (χ1n) is 5.87. The van der Waals surface area contributed by atoms with Crippen molar-refractivity contribution >= 4 is 15.9 Å². The Morgan fingerprint density at radius 1 is 1.37 bits per heavy atom. The molecule has 1 fully saturated rings. The van der Waals surface area contributed by atoms with E-state index in [2.05, 4.69) is 0 Å². The number of hydrogen-bond acceptors (Lipinski definition) is 4. The van der Waals surface area contributed by atoms with Crippen molar-refractivity contribution in [3.05, 3.63) is 29.8 Å². The van der Waals surface area contributed by atoms with E-state index >= 15 is 0 Å². The number of benzene rings is 1. The smallest absolute Gasteiger partial charge is 0.253 e. The van der Waals surface area contributed by atoms with Gasteiger partial charge in [-0.05, 0) is 30.7 Å². The van der Waals surface area contributed by atoms with Crippen LogP contribution in [0.15, 0.2) is 29.2 Å². The van der Waals surface area contributed by atoms with Crippen LogP contribution in [0.2, 0.25) is 0 Å². The van der Waals surface area contributed by atoms with Crippen molar-refractivity contribution in [2.24, 2.45) is 5.14 Å². The van der Waals surface area contributed by atoms with Crippen LogP contribution < -0.4 is 5.14 Å². The summed E-state index contributed by atoms with van der Waals surface area (Å²) in [6, 6.07) is 5.63. The highest BCUT2D eigenvalue weighted by molar-refractivity contribution is 7.89. The van der Waals surface area contributed by atoms with Gasteiger partial charge in [0, 0.05) is 25.8 Å². The zero-order chi connectivity index (χ0) is 14.0. The first-order valence-corrected chi connectivity index (χ1v) is 7.41. The highest BCUT2D eigenvalue weighted by Crippen LogP contribution is 2.16. The summed E-state index contributed by atoms with van der Waals surface area (Å²) in [6.45, 7) is 1.21. The van der Waals surface area contributed by atoms with Crippen LogP contribution in [-0.4, -0.2) is 45.5 Å². The average molecular weight is 284 g/mol. The summed E-state index contributed by atoms with van der Waals surface area (Å²) in [4.78, 5) is 13.9. The lowest BCUT2D eigenvalue weighted by Crippen LogP contribution is -2.29. The normalized spacial score (nSPS) is 19.7. The molecular formula is C12H16N2O4S. The molecule has 6 nitrogen and oxygen atoms in total. The Labute approximate surface area is 112 Å². The van der Waals surface area contributed by atoms with Gasteiger partial charge in [0.15, 0.2) is 0 Å². The number of methoxy groups -OCH3 is 1. The Bertz CT molecular complexity index is 568. The van der Waals surface area contributed by atoms with Crippen LogP contribution >= 0.6 is 0 Å². The second-order valence-electron chi connectivity index (χ2n) is 4.47. The molecule has 0 bridgehead atoms. The third-order valence-electron chi connectivity index (χ3n) is 3.20. The van der Waals surface area contributed by atoms with Crippen LogP contribution in [0.3, 0.4) is 0 Å². The van der Waals surface area contributed by atoms with Crippen LogP contribution in [0, 0.1) is 0 Å². The van der Waals surface area contributed by atoms with Gasteiger partial charge in [0.2, 0.25) is 10.0 Å². The average Bonchev–Trinajstić information content (AvgIpc) is 2.86. The van der Waals surface area contributed by atoms with Crippen molar-refractivity contribution in [2.75, 3.05) is 20.2 Å². The van der Waals surface area contributed by atoms with E-state index in [4.69, 9.17) is 9.88 Å². The molecule has 1 atom stereocenters. The van der Waals surface area contributed by atoms with E-state index in [1.54, 1.807) is 12.0 Å². The fraction of sp³-hybridized carbons (Fsp3) is 0.417. The Balaban J connectivity index is 2.13. The molecule has 1 amide bonds. The quantitative estimate of drug-likeness (QED) is 0.858. The van der Waals surface area contributed by atoms with E-state index in [-0.39, 0.29) is 16.9 Å². The predicted octanol–water partition coefficient (Wildman–Crippen LogP) is 0.195. The summed E-state index contributed by atoms with van der Waals surface area (Å²) in [5.74, 6) is -0.125. The van der Waals surface area contributed by atoms with Gasteiger partial charge in [-0.1, -0.05) is 0 Å². The van der Waals surface area contributed by atoms with Crippen LogP contribution in [0.1, 0.15) is 16.8 Å². The molecule has 0 saturated carbocycles. The number of ether oxygens (including phenoxy) is 1. The predicted molar refractivity (Wildman–Crippen MR) is 69.1 cm³/mol. The van der Waals surface area contributed by atoms with Crippen molar-refractivity contribution in [2.45, 2.75) is 17.4 Å². The number of primary sulfonamides is 1. The van der Waals surface area contributed by atoms with Gasteiger partial charge in [-0.2, -0.15) is 0 Å². The Morgan fingerprint density at radius 2 is 2.00 bits per heavy atom. The van der Waals surface area contributed by atoms with Gasteiger partial charge in [-0.25, -0.2) is 13.6 Å². The minimum absolute atomic E-state index is 0.000222. The molecule has 1 heterocycles. The van der Waals surface area contributed by atoms with Crippen LogP contribution in [0.25, 0.3) is 0 Å². The number of carbonyl (C=O) groups is 1. The largest absolute Gasteiger partial charge is 0.380 e. The van der Waals surface area contributed by atoms with E-state index in [1.165, 1.54) is 24.3 Å². The minimum Gasteiger partial charge on any atom is -0.380 e. The molecule has 1 aromatic carbocycles. The Kier molecular flexibility index (Phi) is 3.88. The van der Waals surface area contributed by atoms with Gasteiger partial charge >= 0.3 is 0 Å². The topological polar surface area (TPSA) is 89.7 Å². The monoisotopic (exact) mass is 284 g/mol. The summed E-state index contributed by atoms with van der Waals surface area (Å²) in [6.07, 6.45) is 0.893. The fourth-order valence-corrected chi connectivity index (χ4v) is 2.59. The second kappa shape index (κ2) is 5.28. The summed E-state index contributed by atoms with van der Waals surface area (Å²) in [7, 11) is -2.10. The molecule has 0 spiro atoms. The summed E-state index contributed by atoms with van der Waals surface area (Å²) >= 11 is 0. The third-order valence-corrected chi connectivity index (χ3v) is 4.12. The first kappa shape index (κ1) is 14.0. The van der Waals surface area contributed by atoms with Crippen molar-refractivity contribution < 1.29 is 17.9 Å². The number of nitrogens with two attached hydrogens (primary N) is 1. The number of likely N-dealkylation sites (tertiary alicyclic amines) is 1. The van der Waals surface area contributed by atoms with E-state index < -0.39 is 10.0 Å². The van der Waals surface area contributed by atoms with Gasteiger partial charge in [-0.15, -0.1) is 0 Å². The molecule has 0 aromatic heterocycles. The number of carbonyl (C=O) groups excluding carboxylic acids is 1. The fourth-order valence-electron chi connectivity index (χ4n) is 2.07. The molecule has 0 radical (unpaired) electrons. The molecule has 19 heavy (non-hydrogen) atoms. The molecule has 2 rings (SSSR count). The zero-order valence-corrected chi connectivity index (χ0v) is 11.4. The van der Waals surface area contributed by atoms with Gasteiger partial charge in [0.1, 0.15) is 0 Å². The van der Waals surface area contributed by atoms with Crippen molar-refractivity contribution in [1.29, 1.82) is 0 Å². The van der Waals surface area contributed by atoms with Gasteiger partial charge < -0.3 is 9.64 Å². The van der Waals surface area contributed by atoms with Crippen molar-refractivity contribution in [3.63, 3.8) is 0 Å². The summed E-state index contributed by atoms with van der Waals surface area (Å²) in [5.41, 5.74) is 0.448. The van der Waals surface area contributed by atoms with Gasteiger partial charge in [0.05, 0.1) is 11.0 Å². The Morgan fingerprint density at radius 3 is 2.47 bits per heavy atom. The van der Waals surface area contributed by atoms with E-state index in [0.29, 0.717) is 18.7 Å². The van der Waals surface area contributed by atoms with Crippen LogP contribution in [0.4, 0.5) is 0 Å². The number of sulfonamides is 1.